The molecule has 3 aromatic rings. The summed E-state index contributed by atoms with van der Waals surface area (Å²) in [6.45, 7) is 4.83. The van der Waals surface area contributed by atoms with E-state index in [-0.39, 0.29) is 11.5 Å². The standard InChI is InChI=1S/C23H26N6O3/c1-27-6-3-23(15-27)13-16-11-18(19(12-20(16)32-23)28-7-9-31-10-8-28)26-22(30)17-14-25-29-5-2-4-24-21(17)29/h2,4-5,11-12,14H,3,6-10,13,15H2,1H3,(H,26,30)/t23-/m0/s1. The van der Waals surface area contributed by atoms with Crippen LogP contribution < -0.4 is 15.0 Å². The first-order chi connectivity index (χ1) is 15.6. The van der Waals surface area contributed by atoms with Crippen molar-refractivity contribution in [1.29, 1.82) is 0 Å². The van der Waals surface area contributed by atoms with Gasteiger partial charge in [0.05, 0.1) is 30.8 Å². The van der Waals surface area contributed by atoms with E-state index in [1.54, 1.807) is 29.2 Å². The van der Waals surface area contributed by atoms with Gasteiger partial charge in [-0.15, -0.1) is 0 Å². The summed E-state index contributed by atoms with van der Waals surface area (Å²) in [4.78, 5) is 22.1. The van der Waals surface area contributed by atoms with Crippen LogP contribution in [0, 0.1) is 0 Å². The highest BCUT2D eigenvalue weighted by Crippen LogP contribution is 2.45. The van der Waals surface area contributed by atoms with Gasteiger partial charge in [0.2, 0.25) is 0 Å². The van der Waals surface area contributed by atoms with Crippen LogP contribution in [-0.4, -0.2) is 77.4 Å². The lowest BCUT2D eigenvalue weighted by molar-refractivity contribution is 0.102. The largest absolute Gasteiger partial charge is 0.485 e. The fourth-order valence-electron chi connectivity index (χ4n) is 5.08. The third kappa shape index (κ3) is 3.28. The molecule has 1 aromatic carbocycles. The van der Waals surface area contributed by atoms with Gasteiger partial charge < -0.3 is 24.6 Å². The second-order valence-electron chi connectivity index (χ2n) is 8.93. The molecular formula is C23H26N6O3. The summed E-state index contributed by atoms with van der Waals surface area (Å²) in [6, 6.07) is 5.97. The average Bonchev–Trinajstić information content (AvgIpc) is 3.49. The number of hydrogen-bond donors (Lipinski definition) is 1. The topological polar surface area (TPSA) is 84.2 Å². The number of hydrogen-bond acceptors (Lipinski definition) is 7. The van der Waals surface area contributed by atoms with Crippen molar-refractivity contribution in [2.45, 2.75) is 18.4 Å². The Morgan fingerprint density at radius 2 is 2.09 bits per heavy atom. The van der Waals surface area contributed by atoms with Crippen LogP contribution >= 0.6 is 0 Å². The number of nitrogens with one attached hydrogen (secondary N) is 1. The Hall–Kier alpha value is -3.17. The molecule has 1 amide bonds. The van der Waals surface area contributed by atoms with E-state index in [0.717, 1.165) is 61.7 Å². The summed E-state index contributed by atoms with van der Waals surface area (Å²) in [6.07, 6.45) is 6.88. The fraction of sp³-hybridized carbons (Fsp3) is 0.435. The van der Waals surface area contributed by atoms with Crippen LogP contribution in [0.2, 0.25) is 0 Å². The van der Waals surface area contributed by atoms with Gasteiger partial charge in [-0.05, 0) is 19.2 Å². The quantitative estimate of drug-likeness (QED) is 0.673. The lowest BCUT2D eigenvalue weighted by atomic mass is 9.96. The van der Waals surface area contributed by atoms with Gasteiger partial charge in [-0.1, -0.05) is 0 Å². The lowest BCUT2D eigenvalue weighted by Crippen LogP contribution is -2.37. The van der Waals surface area contributed by atoms with Crippen molar-refractivity contribution in [2.24, 2.45) is 0 Å². The summed E-state index contributed by atoms with van der Waals surface area (Å²) in [5.74, 6) is 0.708. The van der Waals surface area contributed by atoms with Gasteiger partial charge in [-0.3, -0.25) is 4.79 Å². The number of likely N-dealkylation sites (tertiary alicyclic amines) is 1. The van der Waals surface area contributed by atoms with Crippen LogP contribution in [0.3, 0.4) is 0 Å². The highest BCUT2D eigenvalue weighted by atomic mass is 16.5. The Labute approximate surface area is 185 Å². The number of benzene rings is 1. The molecule has 2 aromatic heterocycles. The SMILES string of the molecule is CN1CC[C@]2(Cc3cc(NC(=O)c4cnn5cccnc45)c(N4CCOCC4)cc3O2)C1. The monoisotopic (exact) mass is 434 g/mol. The van der Waals surface area contributed by atoms with E-state index in [2.05, 4.69) is 44.4 Å². The number of morpholine rings is 1. The highest BCUT2D eigenvalue weighted by Gasteiger charge is 2.44. The molecule has 3 aliphatic rings. The van der Waals surface area contributed by atoms with Crippen LogP contribution in [0.4, 0.5) is 11.4 Å². The number of aromatic nitrogens is 3. The second-order valence-corrected chi connectivity index (χ2v) is 8.93. The Morgan fingerprint density at radius 1 is 1.22 bits per heavy atom. The molecule has 9 nitrogen and oxygen atoms in total. The number of nitrogens with zero attached hydrogens (tertiary/aromatic N) is 5. The Bertz CT molecular complexity index is 1190. The molecule has 1 N–H and O–H groups in total. The summed E-state index contributed by atoms with van der Waals surface area (Å²) in [5, 5.41) is 7.39. The van der Waals surface area contributed by atoms with Gasteiger partial charge in [0, 0.05) is 63.0 Å². The van der Waals surface area contributed by atoms with Crippen LogP contribution in [-0.2, 0) is 11.2 Å². The number of carbonyl (C=O) groups excluding carboxylic acids is 1. The molecule has 32 heavy (non-hydrogen) atoms. The molecule has 2 fully saturated rings. The first-order valence-corrected chi connectivity index (χ1v) is 11.1. The minimum Gasteiger partial charge on any atom is -0.485 e. The Balaban J connectivity index is 1.35. The van der Waals surface area contributed by atoms with E-state index < -0.39 is 0 Å². The normalized spacial score (nSPS) is 23.0. The minimum atomic E-state index is -0.220. The fourth-order valence-corrected chi connectivity index (χ4v) is 5.08. The van der Waals surface area contributed by atoms with E-state index >= 15 is 0 Å². The summed E-state index contributed by atoms with van der Waals surface area (Å²) < 4.78 is 13.7. The van der Waals surface area contributed by atoms with E-state index in [1.165, 1.54) is 0 Å². The van der Waals surface area contributed by atoms with E-state index in [9.17, 15) is 4.79 Å². The van der Waals surface area contributed by atoms with Crippen molar-refractivity contribution in [3.63, 3.8) is 0 Å². The molecule has 2 saturated heterocycles. The van der Waals surface area contributed by atoms with Gasteiger partial charge >= 0.3 is 0 Å². The van der Waals surface area contributed by atoms with Gasteiger partial charge in [0.1, 0.15) is 16.9 Å². The van der Waals surface area contributed by atoms with Crippen molar-refractivity contribution in [2.75, 3.05) is 56.7 Å². The molecule has 0 radical (unpaired) electrons. The number of ether oxygens (including phenoxy) is 2. The Morgan fingerprint density at radius 3 is 2.91 bits per heavy atom. The number of anilines is 2. The third-order valence-corrected chi connectivity index (χ3v) is 6.65. The van der Waals surface area contributed by atoms with Crippen LogP contribution in [0.5, 0.6) is 5.75 Å². The maximum atomic E-state index is 13.2. The van der Waals surface area contributed by atoms with E-state index in [4.69, 9.17) is 9.47 Å². The zero-order valence-corrected chi connectivity index (χ0v) is 18.1. The van der Waals surface area contributed by atoms with Gasteiger partial charge in [0.25, 0.3) is 5.91 Å². The molecule has 1 atom stereocenters. The molecule has 0 saturated carbocycles. The molecule has 166 valence electrons. The molecule has 0 bridgehead atoms. The Kier molecular flexibility index (Phi) is 4.55. The van der Waals surface area contributed by atoms with Crippen LogP contribution in [0.1, 0.15) is 22.3 Å². The molecule has 6 rings (SSSR count). The van der Waals surface area contributed by atoms with E-state index in [0.29, 0.717) is 24.4 Å². The highest BCUT2D eigenvalue weighted by molar-refractivity contribution is 6.09. The van der Waals surface area contributed by atoms with Crippen LogP contribution in [0.15, 0.2) is 36.8 Å². The number of fused-ring (bicyclic) bond motifs is 2. The predicted octanol–water partition coefficient (Wildman–Crippen LogP) is 1.83. The summed E-state index contributed by atoms with van der Waals surface area (Å²) in [7, 11) is 2.14. The number of amides is 1. The van der Waals surface area contributed by atoms with Crippen molar-refractivity contribution in [3.8, 4) is 5.75 Å². The number of rotatable bonds is 3. The zero-order chi connectivity index (χ0) is 21.7. The smallest absolute Gasteiger partial charge is 0.261 e. The summed E-state index contributed by atoms with van der Waals surface area (Å²) in [5.41, 5.74) is 3.73. The molecule has 1 spiro atoms. The van der Waals surface area contributed by atoms with Crippen molar-refractivity contribution in [1.82, 2.24) is 19.5 Å². The van der Waals surface area contributed by atoms with Gasteiger partial charge in [-0.25, -0.2) is 9.50 Å². The van der Waals surface area contributed by atoms with Crippen molar-refractivity contribution in [3.05, 3.63) is 47.9 Å². The molecule has 9 heteroatoms. The molecule has 0 aliphatic carbocycles. The number of carbonyl (C=O) groups is 1. The second kappa shape index (κ2) is 7.46. The average molecular weight is 435 g/mol. The molecule has 3 aliphatic heterocycles. The lowest BCUT2D eigenvalue weighted by Gasteiger charge is -2.31. The van der Waals surface area contributed by atoms with E-state index in [1.807, 2.05) is 0 Å². The zero-order valence-electron chi connectivity index (χ0n) is 18.1. The first-order valence-electron chi connectivity index (χ1n) is 11.1. The van der Waals surface area contributed by atoms with Crippen LogP contribution in [0.25, 0.3) is 5.65 Å². The molecule has 0 unspecified atom stereocenters. The van der Waals surface area contributed by atoms with Gasteiger partial charge in [-0.2, -0.15) is 5.10 Å². The first kappa shape index (κ1) is 19.5. The predicted molar refractivity (Wildman–Crippen MR) is 120 cm³/mol. The van der Waals surface area contributed by atoms with Crippen molar-refractivity contribution < 1.29 is 14.3 Å². The molecule has 5 heterocycles. The number of likely N-dealkylation sites (N-methyl/N-ethyl adjacent to an activating group) is 1. The maximum absolute atomic E-state index is 13.2. The molecular weight excluding hydrogens is 408 g/mol. The third-order valence-electron chi connectivity index (χ3n) is 6.65. The van der Waals surface area contributed by atoms with Gasteiger partial charge in [0.15, 0.2) is 5.65 Å². The maximum Gasteiger partial charge on any atom is 0.261 e. The summed E-state index contributed by atoms with van der Waals surface area (Å²) >= 11 is 0. The minimum absolute atomic E-state index is 0.158. The van der Waals surface area contributed by atoms with Crippen molar-refractivity contribution >= 4 is 22.9 Å².